The SMILES string of the molecule is C=CC=O.CCN(C)C. The standard InChI is InChI=1S/C4H11N.C3H4O/c1-4-5(2)3;1-2-3-4/h4H2,1-3H3;2-3H,1H2. The van der Waals surface area contributed by atoms with E-state index in [2.05, 4.69) is 32.5 Å². The molecule has 0 amide bonds. The van der Waals surface area contributed by atoms with Crippen LogP contribution in [0, 0.1) is 0 Å². The van der Waals surface area contributed by atoms with Gasteiger partial charge in [0.25, 0.3) is 0 Å². The number of carbonyl (C=O) groups excluding carboxylic acids is 1. The summed E-state index contributed by atoms with van der Waals surface area (Å²) in [6.45, 7) is 6.38. The van der Waals surface area contributed by atoms with Crippen LogP contribution in [-0.4, -0.2) is 31.8 Å². The number of hydrogen-bond donors (Lipinski definition) is 0. The molecule has 0 aromatic carbocycles. The third-order valence-corrected chi connectivity index (χ3v) is 0.729. The number of rotatable bonds is 2. The first-order valence-electron chi connectivity index (χ1n) is 2.90. The molecule has 2 nitrogen and oxygen atoms in total. The van der Waals surface area contributed by atoms with Gasteiger partial charge in [-0.1, -0.05) is 13.5 Å². The van der Waals surface area contributed by atoms with Crippen molar-refractivity contribution < 1.29 is 4.79 Å². The molecule has 0 aromatic rings. The second-order valence-corrected chi connectivity index (χ2v) is 1.77. The van der Waals surface area contributed by atoms with E-state index >= 15 is 0 Å². The van der Waals surface area contributed by atoms with Crippen LogP contribution < -0.4 is 0 Å². The Morgan fingerprint density at radius 3 is 1.78 bits per heavy atom. The largest absolute Gasteiger partial charge is 0.310 e. The summed E-state index contributed by atoms with van der Waals surface area (Å²) in [6, 6.07) is 0. The molecule has 0 heterocycles. The van der Waals surface area contributed by atoms with Crippen molar-refractivity contribution in [2.45, 2.75) is 6.92 Å². The van der Waals surface area contributed by atoms with Crippen LogP contribution in [0.3, 0.4) is 0 Å². The predicted molar refractivity (Wildman–Crippen MR) is 40.5 cm³/mol. The molecule has 0 aliphatic rings. The molecule has 0 radical (unpaired) electrons. The van der Waals surface area contributed by atoms with Crippen molar-refractivity contribution in [1.29, 1.82) is 0 Å². The normalized spacial score (nSPS) is 7.56. The van der Waals surface area contributed by atoms with Gasteiger partial charge < -0.3 is 4.90 Å². The van der Waals surface area contributed by atoms with Crippen molar-refractivity contribution in [3.05, 3.63) is 12.7 Å². The average Bonchev–Trinajstić information content (AvgIpc) is 1.89. The Morgan fingerprint density at radius 1 is 1.56 bits per heavy atom. The highest BCUT2D eigenvalue weighted by Gasteiger charge is 1.72. The average molecular weight is 129 g/mol. The Balaban J connectivity index is 0. The van der Waals surface area contributed by atoms with Gasteiger partial charge in [0.1, 0.15) is 6.29 Å². The molecule has 2 heteroatoms. The lowest BCUT2D eigenvalue weighted by atomic mass is 10.7. The van der Waals surface area contributed by atoms with Crippen LogP contribution in [0.25, 0.3) is 0 Å². The Morgan fingerprint density at radius 2 is 1.78 bits per heavy atom. The topological polar surface area (TPSA) is 20.3 Å². The van der Waals surface area contributed by atoms with Gasteiger partial charge in [-0.05, 0) is 26.7 Å². The van der Waals surface area contributed by atoms with E-state index in [9.17, 15) is 0 Å². The highest BCUT2D eigenvalue weighted by molar-refractivity contribution is 5.63. The Labute approximate surface area is 57.2 Å². The van der Waals surface area contributed by atoms with Crippen LogP contribution in [-0.2, 0) is 4.79 Å². The highest BCUT2D eigenvalue weighted by atomic mass is 16.1. The van der Waals surface area contributed by atoms with Crippen LogP contribution in [0.1, 0.15) is 6.92 Å². The second-order valence-electron chi connectivity index (χ2n) is 1.77. The van der Waals surface area contributed by atoms with E-state index in [0.29, 0.717) is 6.29 Å². The molecule has 0 aromatic heterocycles. The summed E-state index contributed by atoms with van der Waals surface area (Å²) >= 11 is 0. The molecule has 0 spiro atoms. The van der Waals surface area contributed by atoms with Crippen LogP contribution >= 0.6 is 0 Å². The van der Waals surface area contributed by atoms with E-state index in [1.807, 2.05) is 0 Å². The minimum absolute atomic E-state index is 0.639. The Hall–Kier alpha value is -0.630. The molecular weight excluding hydrogens is 114 g/mol. The molecule has 0 unspecified atom stereocenters. The molecule has 0 rings (SSSR count). The molecule has 0 aliphatic carbocycles. The van der Waals surface area contributed by atoms with Crippen LogP contribution in [0.2, 0.25) is 0 Å². The smallest absolute Gasteiger partial charge is 0.142 e. The fraction of sp³-hybridized carbons (Fsp3) is 0.571. The molecule has 9 heavy (non-hydrogen) atoms. The zero-order valence-corrected chi connectivity index (χ0v) is 6.42. The molecule has 0 saturated heterocycles. The molecule has 0 N–H and O–H groups in total. The van der Waals surface area contributed by atoms with Gasteiger partial charge in [0, 0.05) is 0 Å². The van der Waals surface area contributed by atoms with Gasteiger partial charge in [-0.3, -0.25) is 4.79 Å². The molecule has 0 bridgehead atoms. The molecule has 0 fully saturated rings. The first-order valence-corrected chi connectivity index (χ1v) is 2.90. The minimum atomic E-state index is 0.639. The van der Waals surface area contributed by atoms with E-state index in [1.165, 1.54) is 6.08 Å². The molecule has 54 valence electrons. The van der Waals surface area contributed by atoms with E-state index in [1.54, 1.807) is 0 Å². The third-order valence-electron chi connectivity index (χ3n) is 0.729. The van der Waals surface area contributed by atoms with Gasteiger partial charge in [0.05, 0.1) is 0 Å². The highest BCUT2D eigenvalue weighted by Crippen LogP contribution is 1.63. The van der Waals surface area contributed by atoms with Crippen molar-refractivity contribution in [3.8, 4) is 0 Å². The molecular formula is C7H15NO. The van der Waals surface area contributed by atoms with Gasteiger partial charge >= 0.3 is 0 Å². The van der Waals surface area contributed by atoms with Crippen molar-refractivity contribution in [2.75, 3.05) is 20.6 Å². The lowest BCUT2D eigenvalue weighted by molar-refractivity contribution is -0.104. The summed E-state index contributed by atoms with van der Waals surface area (Å²) in [5, 5.41) is 0. The number of carbonyl (C=O) groups is 1. The summed E-state index contributed by atoms with van der Waals surface area (Å²) in [7, 11) is 4.11. The van der Waals surface area contributed by atoms with Crippen molar-refractivity contribution in [2.24, 2.45) is 0 Å². The predicted octanol–water partition coefficient (Wildman–Crippen LogP) is 0.939. The number of aldehydes is 1. The Kier molecular flexibility index (Phi) is 12.9. The summed E-state index contributed by atoms with van der Waals surface area (Å²) in [4.78, 5) is 11.2. The molecule has 0 saturated carbocycles. The minimum Gasteiger partial charge on any atom is -0.310 e. The van der Waals surface area contributed by atoms with Gasteiger partial charge in [0.15, 0.2) is 0 Å². The number of hydrogen-bond acceptors (Lipinski definition) is 2. The van der Waals surface area contributed by atoms with Gasteiger partial charge in [-0.15, -0.1) is 0 Å². The summed E-state index contributed by atoms with van der Waals surface area (Å²) in [5.41, 5.74) is 0. The maximum absolute atomic E-state index is 9.06. The maximum atomic E-state index is 9.06. The van der Waals surface area contributed by atoms with E-state index in [4.69, 9.17) is 4.79 Å². The van der Waals surface area contributed by atoms with Crippen LogP contribution in [0.5, 0.6) is 0 Å². The van der Waals surface area contributed by atoms with E-state index in [-0.39, 0.29) is 0 Å². The quantitative estimate of drug-likeness (QED) is 0.408. The summed E-state index contributed by atoms with van der Waals surface area (Å²) < 4.78 is 0. The fourth-order valence-corrected chi connectivity index (χ4v) is 0. The second kappa shape index (κ2) is 10.4. The summed E-state index contributed by atoms with van der Waals surface area (Å²) in [5.74, 6) is 0. The first-order chi connectivity index (χ1) is 4.18. The molecule has 0 aliphatic heterocycles. The fourth-order valence-electron chi connectivity index (χ4n) is 0. The lowest BCUT2D eigenvalue weighted by Crippen LogP contribution is -2.08. The zero-order valence-electron chi connectivity index (χ0n) is 6.42. The van der Waals surface area contributed by atoms with Gasteiger partial charge in [0.2, 0.25) is 0 Å². The molecule has 0 atom stereocenters. The van der Waals surface area contributed by atoms with Gasteiger partial charge in [-0.2, -0.15) is 0 Å². The van der Waals surface area contributed by atoms with Crippen molar-refractivity contribution >= 4 is 6.29 Å². The number of allylic oxidation sites excluding steroid dienone is 1. The van der Waals surface area contributed by atoms with Crippen molar-refractivity contribution in [3.63, 3.8) is 0 Å². The monoisotopic (exact) mass is 129 g/mol. The van der Waals surface area contributed by atoms with Crippen LogP contribution in [0.15, 0.2) is 12.7 Å². The first kappa shape index (κ1) is 11.2. The Bertz CT molecular complexity index is 63.3. The zero-order chi connectivity index (χ0) is 7.70. The van der Waals surface area contributed by atoms with E-state index < -0.39 is 0 Å². The van der Waals surface area contributed by atoms with E-state index in [0.717, 1.165) is 6.54 Å². The van der Waals surface area contributed by atoms with Crippen LogP contribution in [0.4, 0.5) is 0 Å². The summed E-state index contributed by atoms with van der Waals surface area (Å²) in [6.07, 6.45) is 1.83. The van der Waals surface area contributed by atoms with Gasteiger partial charge in [-0.25, -0.2) is 0 Å². The maximum Gasteiger partial charge on any atom is 0.142 e. The third kappa shape index (κ3) is 37.8. The lowest BCUT2D eigenvalue weighted by Gasteiger charge is -2.00. The van der Waals surface area contributed by atoms with Crippen molar-refractivity contribution in [1.82, 2.24) is 4.90 Å². The number of nitrogens with zero attached hydrogens (tertiary/aromatic N) is 1.